The molecule has 1 fully saturated rings. The summed E-state index contributed by atoms with van der Waals surface area (Å²) in [6, 6.07) is 53.6. The summed E-state index contributed by atoms with van der Waals surface area (Å²) in [6.07, 6.45) is 9.81. The third-order valence-electron chi connectivity index (χ3n) is 9.48. The van der Waals surface area contributed by atoms with Crippen LogP contribution in [-0.2, 0) is 5.41 Å². The zero-order valence-corrected chi connectivity index (χ0v) is 26.1. The maximum Gasteiger partial charge on any atom is 0.0723 e. The van der Waals surface area contributed by atoms with E-state index in [1.807, 2.05) is 73.0 Å². The van der Waals surface area contributed by atoms with Crippen molar-refractivity contribution in [3.05, 3.63) is 186 Å². The largest absolute Gasteiger partial charge is 0.300 e. The summed E-state index contributed by atoms with van der Waals surface area (Å²) in [7, 11) is 0. The molecule has 6 aromatic carbocycles. The maximum absolute atomic E-state index is 8.81. The molecular weight excluding hydrogens is 556 g/mol. The highest BCUT2D eigenvalue weighted by molar-refractivity contribution is 6.10. The Labute approximate surface area is 272 Å². The molecule has 0 saturated heterocycles. The van der Waals surface area contributed by atoms with Crippen molar-refractivity contribution in [3.63, 3.8) is 0 Å². The van der Waals surface area contributed by atoms with Gasteiger partial charge in [-0.1, -0.05) is 165 Å². The molecule has 224 valence electrons. The predicted octanol–water partition coefficient (Wildman–Crippen LogP) is 11.3. The number of rotatable bonds is 8. The van der Waals surface area contributed by atoms with Crippen molar-refractivity contribution in [2.24, 2.45) is 4.99 Å². The molecule has 2 heteroatoms. The van der Waals surface area contributed by atoms with Gasteiger partial charge in [-0.2, -0.15) is 0 Å². The number of benzene rings is 6. The van der Waals surface area contributed by atoms with Crippen LogP contribution < -0.4 is 0 Å². The summed E-state index contributed by atoms with van der Waals surface area (Å²) in [4.78, 5) is 4.90. The van der Waals surface area contributed by atoms with Crippen LogP contribution in [-0.4, -0.2) is 11.9 Å². The van der Waals surface area contributed by atoms with Gasteiger partial charge in [0.25, 0.3) is 0 Å². The molecule has 1 aliphatic carbocycles. The number of nitrogens with one attached hydrogen (secondary N) is 1. The predicted molar refractivity (Wildman–Crippen MR) is 195 cm³/mol. The number of aliphatic imine (C=N–C) groups is 1. The van der Waals surface area contributed by atoms with Crippen LogP contribution in [0.5, 0.6) is 0 Å². The van der Waals surface area contributed by atoms with E-state index >= 15 is 0 Å². The van der Waals surface area contributed by atoms with Crippen molar-refractivity contribution in [3.8, 4) is 11.1 Å². The maximum atomic E-state index is 8.81. The van der Waals surface area contributed by atoms with E-state index in [0.717, 1.165) is 35.2 Å². The lowest BCUT2D eigenvalue weighted by Gasteiger charge is -2.39. The highest BCUT2D eigenvalue weighted by Crippen LogP contribution is 2.45. The van der Waals surface area contributed by atoms with Crippen LogP contribution in [0.2, 0.25) is 0 Å². The minimum Gasteiger partial charge on any atom is -0.300 e. The van der Waals surface area contributed by atoms with Gasteiger partial charge in [-0.25, -0.2) is 0 Å². The van der Waals surface area contributed by atoms with E-state index in [0.29, 0.717) is 5.71 Å². The Morgan fingerprint density at radius 1 is 0.543 bits per heavy atom. The third kappa shape index (κ3) is 6.25. The molecule has 1 aliphatic rings. The number of fused-ring (bicyclic) bond motifs is 1. The average molecular weight is 595 g/mol. The molecule has 0 atom stereocenters. The summed E-state index contributed by atoms with van der Waals surface area (Å²) in [5, 5.41) is 11.4. The first-order chi connectivity index (χ1) is 22.7. The van der Waals surface area contributed by atoms with E-state index in [2.05, 4.69) is 91.0 Å². The lowest BCUT2D eigenvalue weighted by atomic mass is 9.65. The minimum atomic E-state index is -0.00732. The number of nitrogens with zero attached hydrogens (tertiary/aromatic N) is 1. The Hall–Kier alpha value is -5.34. The Morgan fingerprint density at radius 2 is 1.13 bits per heavy atom. The van der Waals surface area contributed by atoms with E-state index in [1.54, 1.807) is 0 Å². The Bertz CT molecular complexity index is 2000. The van der Waals surface area contributed by atoms with Crippen LogP contribution >= 0.6 is 0 Å². The van der Waals surface area contributed by atoms with Crippen LogP contribution in [0.4, 0.5) is 0 Å². The molecule has 0 amide bonds. The molecule has 6 aromatic rings. The molecule has 1 N–H and O–H groups in total. The lowest BCUT2D eigenvalue weighted by Crippen LogP contribution is -2.30. The third-order valence-corrected chi connectivity index (χ3v) is 9.48. The van der Waals surface area contributed by atoms with E-state index in [-0.39, 0.29) is 5.41 Å². The number of hydrogen-bond donors (Lipinski definition) is 1. The van der Waals surface area contributed by atoms with E-state index in [9.17, 15) is 0 Å². The quantitative estimate of drug-likeness (QED) is 0.170. The van der Waals surface area contributed by atoms with Crippen molar-refractivity contribution < 1.29 is 0 Å². The number of hydrogen-bond acceptors (Lipinski definition) is 2. The van der Waals surface area contributed by atoms with Crippen molar-refractivity contribution in [1.82, 2.24) is 0 Å². The second-order valence-corrected chi connectivity index (χ2v) is 12.3. The summed E-state index contributed by atoms with van der Waals surface area (Å²) < 4.78 is 0. The first kappa shape index (κ1) is 29.4. The fourth-order valence-corrected chi connectivity index (χ4v) is 6.93. The summed E-state index contributed by atoms with van der Waals surface area (Å²) in [5.41, 5.74) is 9.39. The van der Waals surface area contributed by atoms with E-state index in [4.69, 9.17) is 10.4 Å². The second kappa shape index (κ2) is 13.3. The van der Waals surface area contributed by atoms with Crippen LogP contribution in [0.15, 0.2) is 163 Å². The first-order valence-corrected chi connectivity index (χ1v) is 16.3. The van der Waals surface area contributed by atoms with E-state index in [1.165, 1.54) is 52.3 Å². The molecule has 7 rings (SSSR count). The highest BCUT2D eigenvalue weighted by Gasteiger charge is 2.35. The zero-order valence-electron chi connectivity index (χ0n) is 26.1. The molecule has 46 heavy (non-hydrogen) atoms. The molecule has 0 aromatic heterocycles. The van der Waals surface area contributed by atoms with Gasteiger partial charge in [0.2, 0.25) is 0 Å². The topological polar surface area (TPSA) is 36.2 Å². The van der Waals surface area contributed by atoms with Gasteiger partial charge in [0.15, 0.2) is 0 Å². The molecule has 0 heterocycles. The monoisotopic (exact) mass is 594 g/mol. The van der Waals surface area contributed by atoms with Crippen molar-refractivity contribution in [2.45, 2.75) is 37.5 Å². The Balaban J connectivity index is 1.21. The molecular formula is C44H38N2. The Kier molecular flexibility index (Phi) is 8.52. The molecule has 0 aliphatic heterocycles. The van der Waals surface area contributed by atoms with Gasteiger partial charge in [0, 0.05) is 17.2 Å². The second-order valence-electron chi connectivity index (χ2n) is 12.3. The molecule has 1 saturated carbocycles. The van der Waals surface area contributed by atoms with Crippen molar-refractivity contribution >= 4 is 28.4 Å². The van der Waals surface area contributed by atoms with Gasteiger partial charge in [0.05, 0.1) is 11.4 Å². The van der Waals surface area contributed by atoms with Crippen LogP contribution in [0, 0.1) is 5.41 Å². The molecule has 0 bridgehead atoms. The number of allylic oxidation sites excluding steroid dienone is 1. The fraction of sp³-hybridized carbons (Fsp3) is 0.136. The molecule has 0 unspecified atom stereocenters. The standard InChI is InChI=1S/C44H38N2/c45-42(36-15-6-2-7-16-36)31-43(46-32-33-12-4-1-5-13-33)37-22-26-41(27-23-37)44(28-10-3-11-29-44)40-24-20-35(21-25-40)39-19-18-34-14-8-9-17-38(34)30-39/h1-2,4-9,12-27,30-32,45H,3,10-11,28-29H2/b43-31-,45-42?,46-32+. The van der Waals surface area contributed by atoms with Gasteiger partial charge >= 0.3 is 0 Å². The fourth-order valence-electron chi connectivity index (χ4n) is 6.93. The van der Waals surface area contributed by atoms with Gasteiger partial charge in [-0.3, -0.25) is 4.99 Å². The average Bonchev–Trinajstić information content (AvgIpc) is 3.14. The molecule has 0 radical (unpaired) electrons. The van der Waals surface area contributed by atoms with Gasteiger partial charge in [-0.15, -0.1) is 0 Å². The van der Waals surface area contributed by atoms with Gasteiger partial charge < -0.3 is 5.41 Å². The summed E-state index contributed by atoms with van der Waals surface area (Å²) >= 11 is 0. The van der Waals surface area contributed by atoms with Gasteiger partial charge in [0.1, 0.15) is 0 Å². The zero-order chi connectivity index (χ0) is 31.2. The highest BCUT2D eigenvalue weighted by atomic mass is 14.7. The van der Waals surface area contributed by atoms with E-state index < -0.39 is 0 Å². The van der Waals surface area contributed by atoms with Crippen LogP contribution in [0.1, 0.15) is 59.9 Å². The minimum absolute atomic E-state index is 0.00732. The van der Waals surface area contributed by atoms with Crippen molar-refractivity contribution in [2.75, 3.05) is 0 Å². The van der Waals surface area contributed by atoms with Crippen molar-refractivity contribution in [1.29, 1.82) is 5.41 Å². The van der Waals surface area contributed by atoms with Crippen LogP contribution in [0.25, 0.3) is 27.6 Å². The molecule has 2 nitrogen and oxygen atoms in total. The van der Waals surface area contributed by atoms with Gasteiger partial charge in [-0.05, 0) is 69.1 Å². The lowest BCUT2D eigenvalue weighted by molar-refractivity contribution is 0.346. The Morgan fingerprint density at radius 3 is 1.83 bits per heavy atom. The molecule has 0 spiro atoms. The smallest absolute Gasteiger partial charge is 0.0723 e. The normalized spacial score (nSPS) is 14.8. The summed E-state index contributed by atoms with van der Waals surface area (Å²) in [6.45, 7) is 0. The van der Waals surface area contributed by atoms with Crippen LogP contribution in [0.3, 0.4) is 0 Å². The summed E-state index contributed by atoms with van der Waals surface area (Å²) in [5.74, 6) is 0. The first-order valence-electron chi connectivity index (χ1n) is 16.3. The SMILES string of the molecule is N=C(/C=C(\N=C\c1ccccc1)c1ccc(C2(c3ccc(-c4ccc5ccccc5c4)cc3)CCCCC2)cc1)c1ccccc1.